The zero-order valence-electron chi connectivity index (χ0n) is 28.5. The van der Waals surface area contributed by atoms with Gasteiger partial charge in [0.2, 0.25) is 17.7 Å². The maximum Gasteiger partial charge on any atom is 0.335 e. The SMILES string of the molecule is CC(=O)Nc1cccc(-n2c(=O)[nH]c(O)c(C=CC(=CC=C3C(=O)NC(=O)N(c4cccc(NC(=O)CCCC(=O)[O-])c4)C3=O)c3ccccc3)c2=O)c1. The molecule has 6 amide bonds. The van der Waals surface area contributed by atoms with E-state index in [1.807, 2.05) is 0 Å². The minimum atomic E-state index is -1.29. The van der Waals surface area contributed by atoms with Crippen LogP contribution in [-0.4, -0.2) is 50.3 Å². The second-order valence-corrected chi connectivity index (χ2v) is 11.7. The number of H-pyrrole nitrogens is 1. The monoisotopic (exact) mass is 731 g/mol. The third-order valence-electron chi connectivity index (χ3n) is 7.78. The van der Waals surface area contributed by atoms with Crippen molar-refractivity contribution in [2.45, 2.75) is 26.2 Å². The summed E-state index contributed by atoms with van der Waals surface area (Å²) in [5.41, 5.74) is -1.07. The first-order valence-electron chi connectivity index (χ1n) is 16.2. The summed E-state index contributed by atoms with van der Waals surface area (Å²) < 4.78 is 0.771. The first-order chi connectivity index (χ1) is 25.8. The van der Waals surface area contributed by atoms with E-state index in [1.54, 1.807) is 36.4 Å². The van der Waals surface area contributed by atoms with E-state index in [4.69, 9.17) is 0 Å². The van der Waals surface area contributed by atoms with Gasteiger partial charge in [-0.25, -0.2) is 19.1 Å². The lowest BCUT2D eigenvalue weighted by atomic mass is 10.0. The number of carbonyl (C=O) groups excluding carboxylic acids is 6. The van der Waals surface area contributed by atoms with E-state index < -0.39 is 52.4 Å². The fraction of sp³-hybridized carbons (Fsp3) is 0.105. The quantitative estimate of drug-likeness (QED) is 0.0810. The number of urea groups is 1. The van der Waals surface area contributed by atoms with E-state index in [1.165, 1.54) is 73.7 Å². The van der Waals surface area contributed by atoms with E-state index in [0.717, 1.165) is 4.57 Å². The van der Waals surface area contributed by atoms with Crippen molar-refractivity contribution in [1.82, 2.24) is 14.9 Å². The number of hydrogen-bond donors (Lipinski definition) is 5. The molecule has 0 atom stereocenters. The average molecular weight is 732 g/mol. The topological polar surface area (TPSA) is 240 Å². The highest BCUT2D eigenvalue weighted by atomic mass is 16.4. The van der Waals surface area contributed by atoms with Crippen molar-refractivity contribution in [1.29, 1.82) is 0 Å². The molecule has 1 aliphatic heterocycles. The maximum absolute atomic E-state index is 13.6. The molecule has 1 saturated heterocycles. The van der Waals surface area contributed by atoms with Crippen molar-refractivity contribution in [2.75, 3.05) is 15.5 Å². The molecule has 16 nitrogen and oxygen atoms in total. The van der Waals surface area contributed by atoms with Gasteiger partial charge in [0.25, 0.3) is 17.4 Å². The number of nitrogens with one attached hydrogen (secondary N) is 4. The molecular formula is C38H31N6O10-. The first-order valence-corrected chi connectivity index (χ1v) is 16.2. The van der Waals surface area contributed by atoms with Gasteiger partial charge in [0, 0.05) is 30.7 Å². The summed E-state index contributed by atoms with van der Waals surface area (Å²) in [5, 5.41) is 28.5. The van der Waals surface area contributed by atoms with E-state index in [2.05, 4.69) is 20.9 Å². The van der Waals surface area contributed by atoms with Crippen molar-refractivity contribution in [3.05, 3.63) is 135 Å². The average Bonchev–Trinajstić information content (AvgIpc) is 3.10. The van der Waals surface area contributed by atoms with E-state index in [0.29, 0.717) is 21.7 Å². The molecule has 0 bridgehead atoms. The third kappa shape index (κ3) is 8.99. The lowest BCUT2D eigenvalue weighted by Gasteiger charge is -2.26. The summed E-state index contributed by atoms with van der Waals surface area (Å²) in [6, 6.07) is 19.2. The molecule has 1 aromatic heterocycles. The first kappa shape index (κ1) is 37.6. The third-order valence-corrected chi connectivity index (χ3v) is 7.78. The molecule has 274 valence electrons. The van der Waals surface area contributed by atoms with Crippen LogP contribution in [0.4, 0.5) is 21.9 Å². The molecule has 54 heavy (non-hydrogen) atoms. The van der Waals surface area contributed by atoms with Gasteiger partial charge in [-0.15, -0.1) is 0 Å². The Morgan fingerprint density at radius 3 is 2.20 bits per heavy atom. The molecule has 2 heterocycles. The number of benzene rings is 3. The number of barbiturate groups is 1. The number of aromatic nitrogens is 2. The number of rotatable bonds is 12. The van der Waals surface area contributed by atoms with Crippen LogP contribution in [0.5, 0.6) is 5.88 Å². The van der Waals surface area contributed by atoms with Crippen LogP contribution in [0.15, 0.2) is 112 Å². The summed E-state index contributed by atoms with van der Waals surface area (Å²) in [4.78, 5) is 103. The van der Waals surface area contributed by atoms with E-state index in [9.17, 15) is 48.6 Å². The van der Waals surface area contributed by atoms with Crippen LogP contribution in [0.1, 0.15) is 37.3 Å². The molecule has 0 saturated carbocycles. The minimum Gasteiger partial charge on any atom is -0.550 e. The van der Waals surface area contributed by atoms with Crippen molar-refractivity contribution >= 4 is 64.3 Å². The van der Waals surface area contributed by atoms with Gasteiger partial charge in [-0.2, -0.15) is 0 Å². The molecule has 0 aliphatic carbocycles. The molecule has 1 aliphatic rings. The lowest BCUT2D eigenvalue weighted by molar-refractivity contribution is -0.305. The normalized spacial score (nSPS) is 13.9. The molecule has 0 spiro atoms. The number of anilines is 3. The summed E-state index contributed by atoms with van der Waals surface area (Å²) in [7, 11) is 0. The van der Waals surface area contributed by atoms with Gasteiger partial charge in [0.05, 0.1) is 11.4 Å². The van der Waals surface area contributed by atoms with E-state index in [-0.39, 0.29) is 47.8 Å². The van der Waals surface area contributed by atoms with Crippen LogP contribution in [0.2, 0.25) is 0 Å². The summed E-state index contributed by atoms with van der Waals surface area (Å²) in [6.07, 6.45) is 4.83. The minimum absolute atomic E-state index is 0.0167. The fourth-order valence-electron chi connectivity index (χ4n) is 5.33. The van der Waals surface area contributed by atoms with Gasteiger partial charge >= 0.3 is 11.7 Å². The Morgan fingerprint density at radius 1 is 0.852 bits per heavy atom. The molecule has 4 aromatic rings. The molecule has 0 unspecified atom stereocenters. The predicted molar refractivity (Wildman–Crippen MR) is 195 cm³/mol. The number of carboxylic acid groups (broad SMARTS) is 1. The fourth-order valence-corrected chi connectivity index (χ4v) is 5.33. The summed E-state index contributed by atoms with van der Waals surface area (Å²) in [5.74, 6) is -4.87. The van der Waals surface area contributed by atoms with Crippen molar-refractivity contribution in [2.24, 2.45) is 0 Å². The predicted octanol–water partition coefficient (Wildman–Crippen LogP) is 2.35. The van der Waals surface area contributed by atoms with Crippen molar-refractivity contribution in [3.8, 4) is 11.6 Å². The lowest BCUT2D eigenvalue weighted by Crippen LogP contribution is -2.54. The Bertz CT molecular complexity index is 2390. The summed E-state index contributed by atoms with van der Waals surface area (Å²) in [6.45, 7) is 1.30. The van der Waals surface area contributed by atoms with Crippen LogP contribution < -0.4 is 37.2 Å². The number of carboxylic acids is 1. The number of aliphatic carboxylic acids is 1. The number of hydrogen-bond acceptors (Lipinski definition) is 10. The summed E-state index contributed by atoms with van der Waals surface area (Å²) >= 11 is 0. The van der Waals surface area contributed by atoms with Gasteiger partial charge in [0.1, 0.15) is 11.1 Å². The van der Waals surface area contributed by atoms with Crippen molar-refractivity contribution in [3.63, 3.8) is 0 Å². The van der Waals surface area contributed by atoms with Gasteiger partial charge in [0.15, 0.2) is 0 Å². The second kappa shape index (κ2) is 16.6. The Labute approximate surface area is 305 Å². The smallest absolute Gasteiger partial charge is 0.335 e. The van der Waals surface area contributed by atoms with Crippen LogP contribution >= 0.6 is 0 Å². The Kier molecular flexibility index (Phi) is 11.6. The Balaban J connectivity index is 1.48. The second-order valence-electron chi connectivity index (χ2n) is 11.7. The molecule has 3 aromatic carbocycles. The highest BCUT2D eigenvalue weighted by Crippen LogP contribution is 2.25. The molecule has 5 rings (SSSR count). The molecular weight excluding hydrogens is 700 g/mol. The van der Waals surface area contributed by atoms with Gasteiger partial charge in [-0.05, 0) is 72.5 Å². The molecule has 5 N–H and O–H groups in total. The Morgan fingerprint density at radius 2 is 1.52 bits per heavy atom. The number of aromatic hydroxyl groups is 1. The molecule has 0 radical (unpaired) electrons. The van der Waals surface area contributed by atoms with Gasteiger partial charge < -0.3 is 25.6 Å². The van der Waals surface area contributed by atoms with Crippen LogP contribution in [0, 0.1) is 0 Å². The maximum atomic E-state index is 13.6. The van der Waals surface area contributed by atoms with E-state index >= 15 is 0 Å². The molecule has 16 heteroatoms. The Hall–Kier alpha value is -7.62. The number of allylic oxidation sites excluding steroid dienone is 4. The van der Waals surface area contributed by atoms with Gasteiger partial charge in [-0.1, -0.05) is 54.6 Å². The molecule has 1 fully saturated rings. The standard InChI is InChI=1S/C38H32N6O10/c1-22(45)39-25-10-5-12-27(20-25)43-35(51)29(33(49)41-37(43)53)18-16-24(23-8-3-2-4-9-23)17-19-30-34(50)42-38(54)44(36(30)52)28-13-6-11-26(21-28)40-31(46)14-7-15-32(47)48/h2-6,8-13,16-21,49H,7,14-15H2,1H3,(H,39,45)(H,40,46)(H,41,53)(H,47,48)(H,42,50,54)/p-1. The van der Waals surface area contributed by atoms with Gasteiger partial charge in [-0.3, -0.25) is 34.3 Å². The number of aromatic amines is 1. The number of carbonyl (C=O) groups is 6. The highest BCUT2D eigenvalue weighted by molar-refractivity contribution is 6.37. The highest BCUT2D eigenvalue weighted by Gasteiger charge is 2.36. The number of nitrogens with zero attached hydrogens (tertiary/aromatic N) is 2. The van der Waals surface area contributed by atoms with Crippen LogP contribution in [0.3, 0.4) is 0 Å². The number of amides is 6. The van der Waals surface area contributed by atoms with Crippen LogP contribution in [0.25, 0.3) is 17.3 Å². The largest absolute Gasteiger partial charge is 0.550 e. The van der Waals surface area contributed by atoms with Crippen molar-refractivity contribution < 1.29 is 39.0 Å². The number of imide groups is 2. The zero-order chi connectivity index (χ0) is 38.9. The zero-order valence-corrected chi connectivity index (χ0v) is 28.5. The van der Waals surface area contributed by atoms with Crippen LogP contribution in [-0.2, 0) is 24.0 Å².